The van der Waals surface area contributed by atoms with Gasteiger partial charge in [0.25, 0.3) is 11.8 Å². The molecule has 7 nitrogen and oxygen atoms in total. The van der Waals surface area contributed by atoms with Gasteiger partial charge in [-0.15, -0.1) is 0 Å². The van der Waals surface area contributed by atoms with Crippen molar-refractivity contribution >= 4 is 23.4 Å². The summed E-state index contributed by atoms with van der Waals surface area (Å²) in [6.07, 6.45) is 2.31. The van der Waals surface area contributed by atoms with Crippen molar-refractivity contribution in [3.63, 3.8) is 0 Å². The second kappa shape index (κ2) is 6.80. The molecule has 0 aliphatic heterocycles. The molecule has 1 saturated carbocycles. The summed E-state index contributed by atoms with van der Waals surface area (Å²) in [4.78, 5) is 36.2. The fourth-order valence-corrected chi connectivity index (χ4v) is 2.79. The Labute approximate surface area is 144 Å². The Bertz CT molecular complexity index is 779. The Balaban J connectivity index is 1.78. The van der Waals surface area contributed by atoms with Crippen LogP contribution >= 0.6 is 0 Å². The molecule has 1 aromatic heterocycles. The first-order valence-corrected chi connectivity index (χ1v) is 7.97. The van der Waals surface area contributed by atoms with Crippen molar-refractivity contribution in [2.75, 3.05) is 19.4 Å². The van der Waals surface area contributed by atoms with Gasteiger partial charge in [0.1, 0.15) is 5.76 Å². The number of amides is 3. The molecule has 0 bridgehead atoms. The van der Waals surface area contributed by atoms with E-state index in [0.717, 1.165) is 12.2 Å². The van der Waals surface area contributed by atoms with Gasteiger partial charge >= 0.3 is 0 Å². The van der Waals surface area contributed by atoms with E-state index >= 15 is 0 Å². The standard InChI is InChI=1S/C18H19N3O4/c1-19-16(22)10-6-11(17(23)20-2)8-12(7-10)21-18(24)14-9-13(14)15-4-3-5-25-15/h3-8,13-14H,9H2,1-2H3,(H,19,22)(H,20,23)(H,21,24)/t13-,14-/m1/s1. The lowest BCUT2D eigenvalue weighted by atomic mass is 10.1. The highest BCUT2D eigenvalue weighted by atomic mass is 16.3. The number of benzene rings is 1. The third-order valence-electron chi connectivity index (χ3n) is 4.21. The van der Waals surface area contributed by atoms with Crippen LogP contribution in [0.4, 0.5) is 5.69 Å². The number of furan rings is 1. The van der Waals surface area contributed by atoms with E-state index in [2.05, 4.69) is 16.0 Å². The lowest BCUT2D eigenvalue weighted by molar-refractivity contribution is -0.117. The van der Waals surface area contributed by atoms with Gasteiger partial charge in [-0.05, 0) is 36.8 Å². The summed E-state index contributed by atoms with van der Waals surface area (Å²) in [5.74, 6) is -0.111. The molecule has 0 radical (unpaired) electrons. The van der Waals surface area contributed by atoms with Crippen LogP contribution in [-0.4, -0.2) is 31.8 Å². The molecule has 2 aromatic rings. The summed E-state index contributed by atoms with van der Waals surface area (Å²) in [6, 6.07) is 8.23. The number of carbonyl (C=O) groups excluding carboxylic acids is 3. The molecular formula is C18H19N3O4. The van der Waals surface area contributed by atoms with Crippen LogP contribution in [-0.2, 0) is 4.79 Å². The molecule has 0 unspecified atom stereocenters. The number of nitrogens with one attached hydrogen (secondary N) is 3. The fraction of sp³-hybridized carbons (Fsp3) is 0.278. The van der Waals surface area contributed by atoms with Gasteiger partial charge in [-0.25, -0.2) is 0 Å². The van der Waals surface area contributed by atoms with Crippen LogP contribution in [0.2, 0.25) is 0 Å². The Kier molecular flexibility index (Phi) is 4.56. The van der Waals surface area contributed by atoms with Crippen LogP contribution in [0.1, 0.15) is 38.8 Å². The maximum absolute atomic E-state index is 12.4. The molecular weight excluding hydrogens is 322 g/mol. The highest BCUT2D eigenvalue weighted by Gasteiger charge is 2.45. The van der Waals surface area contributed by atoms with Crippen molar-refractivity contribution in [3.05, 3.63) is 53.5 Å². The molecule has 3 amide bonds. The minimum Gasteiger partial charge on any atom is -0.469 e. The lowest BCUT2D eigenvalue weighted by Crippen LogP contribution is -2.22. The Morgan fingerprint density at radius 2 is 1.68 bits per heavy atom. The minimum atomic E-state index is -0.332. The number of rotatable bonds is 5. The van der Waals surface area contributed by atoms with Crippen molar-refractivity contribution in [2.24, 2.45) is 5.92 Å². The first-order valence-electron chi connectivity index (χ1n) is 7.97. The topological polar surface area (TPSA) is 100 Å². The first-order chi connectivity index (χ1) is 12.0. The number of carbonyl (C=O) groups is 3. The van der Waals surface area contributed by atoms with Crippen LogP contribution in [0.15, 0.2) is 41.0 Å². The minimum absolute atomic E-state index is 0.0792. The highest BCUT2D eigenvalue weighted by molar-refractivity contribution is 6.03. The van der Waals surface area contributed by atoms with Gasteiger partial charge in [0.05, 0.1) is 6.26 Å². The SMILES string of the molecule is CNC(=O)c1cc(NC(=O)[C@@H]2C[C@H]2c2ccco2)cc(C(=O)NC)c1. The largest absolute Gasteiger partial charge is 0.469 e. The van der Waals surface area contributed by atoms with Gasteiger partial charge < -0.3 is 20.4 Å². The maximum atomic E-state index is 12.4. The number of hydrogen-bond donors (Lipinski definition) is 3. The van der Waals surface area contributed by atoms with E-state index < -0.39 is 0 Å². The monoisotopic (exact) mass is 341 g/mol. The predicted octanol–water partition coefficient (Wildman–Crippen LogP) is 1.74. The van der Waals surface area contributed by atoms with E-state index in [4.69, 9.17) is 4.42 Å². The predicted molar refractivity (Wildman–Crippen MR) is 91.4 cm³/mol. The normalized spacial score (nSPS) is 18.3. The van der Waals surface area contributed by atoms with E-state index in [1.54, 1.807) is 24.5 Å². The first kappa shape index (κ1) is 16.8. The van der Waals surface area contributed by atoms with Gasteiger partial charge in [0.15, 0.2) is 0 Å². The molecule has 1 aliphatic rings. The molecule has 1 heterocycles. The van der Waals surface area contributed by atoms with Crippen LogP contribution in [0.3, 0.4) is 0 Å². The van der Waals surface area contributed by atoms with Gasteiger partial charge in [-0.3, -0.25) is 14.4 Å². The van der Waals surface area contributed by atoms with E-state index in [1.165, 1.54) is 20.2 Å². The van der Waals surface area contributed by atoms with E-state index in [-0.39, 0.29) is 29.6 Å². The van der Waals surface area contributed by atoms with Gasteiger partial charge in [-0.1, -0.05) is 0 Å². The number of hydrogen-bond acceptors (Lipinski definition) is 4. The van der Waals surface area contributed by atoms with Crippen LogP contribution in [0, 0.1) is 5.92 Å². The zero-order valence-electron chi connectivity index (χ0n) is 14.0. The molecule has 1 aromatic carbocycles. The summed E-state index contributed by atoms with van der Waals surface area (Å²) < 4.78 is 5.33. The fourth-order valence-electron chi connectivity index (χ4n) is 2.79. The third-order valence-corrected chi connectivity index (χ3v) is 4.21. The summed E-state index contributed by atoms with van der Waals surface area (Å²) in [5, 5.41) is 7.82. The number of anilines is 1. The Morgan fingerprint density at radius 3 is 2.20 bits per heavy atom. The second-order valence-electron chi connectivity index (χ2n) is 5.91. The maximum Gasteiger partial charge on any atom is 0.251 e. The molecule has 3 N–H and O–H groups in total. The van der Waals surface area contributed by atoms with Gasteiger partial charge in [0, 0.05) is 42.7 Å². The molecule has 3 rings (SSSR count). The molecule has 0 spiro atoms. The van der Waals surface area contributed by atoms with Crippen LogP contribution in [0.25, 0.3) is 0 Å². The van der Waals surface area contributed by atoms with E-state index in [9.17, 15) is 14.4 Å². The van der Waals surface area contributed by atoms with E-state index in [1.807, 2.05) is 6.07 Å². The van der Waals surface area contributed by atoms with Gasteiger partial charge in [0.2, 0.25) is 5.91 Å². The summed E-state index contributed by atoms with van der Waals surface area (Å²) in [5.41, 5.74) is 1.02. The molecule has 7 heteroatoms. The quantitative estimate of drug-likeness (QED) is 0.771. The van der Waals surface area contributed by atoms with Crippen molar-refractivity contribution in [1.82, 2.24) is 10.6 Å². The van der Waals surface area contributed by atoms with E-state index in [0.29, 0.717) is 16.8 Å². The lowest BCUT2D eigenvalue weighted by Gasteiger charge is -2.10. The average molecular weight is 341 g/mol. The molecule has 130 valence electrons. The molecule has 2 atom stereocenters. The van der Waals surface area contributed by atoms with Crippen molar-refractivity contribution < 1.29 is 18.8 Å². The molecule has 1 aliphatic carbocycles. The molecule has 1 fully saturated rings. The van der Waals surface area contributed by atoms with Crippen molar-refractivity contribution in [2.45, 2.75) is 12.3 Å². The third kappa shape index (κ3) is 3.55. The highest BCUT2D eigenvalue weighted by Crippen LogP contribution is 2.48. The van der Waals surface area contributed by atoms with Crippen molar-refractivity contribution in [1.29, 1.82) is 0 Å². The summed E-state index contributed by atoms with van der Waals surface area (Å²) in [6.45, 7) is 0. The smallest absolute Gasteiger partial charge is 0.251 e. The Morgan fingerprint density at radius 1 is 1.04 bits per heavy atom. The van der Waals surface area contributed by atoms with Gasteiger partial charge in [-0.2, -0.15) is 0 Å². The zero-order chi connectivity index (χ0) is 18.0. The average Bonchev–Trinajstić information content (AvgIpc) is 3.25. The Hall–Kier alpha value is -3.09. The van der Waals surface area contributed by atoms with Crippen LogP contribution < -0.4 is 16.0 Å². The molecule has 25 heavy (non-hydrogen) atoms. The molecule has 0 saturated heterocycles. The summed E-state index contributed by atoms with van der Waals surface area (Å²) >= 11 is 0. The van der Waals surface area contributed by atoms with Crippen LogP contribution in [0.5, 0.6) is 0 Å². The second-order valence-corrected chi connectivity index (χ2v) is 5.91. The zero-order valence-corrected chi connectivity index (χ0v) is 14.0. The summed E-state index contributed by atoms with van der Waals surface area (Å²) in [7, 11) is 3.01. The van der Waals surface area contributed by atoms with Crippen molar-refractivity contribution in [3.8, 4) is 0 Å².